The molecule has 2 N–H and O–H groups in total. The normalized spacial score (nSPS) is 20.3. The molecular formula is C11H15NO5S2. The highest BCUT2D eigenvalue weighted by atomic mass is 32.2. The van der Waals surface area contributed by atoms with Crippen molar-refractivity contribution in [3.05, 3.63) is 17.0 Å². The van der Waals surface area contributed by atoms with Crippen LogP contribution in [0.15, 0.2) is 16.3 Å². The molecule has 1 unspecified atom stereocenters. The average Bonchev–Trinajstić information content (AvgIpc) is 2.78. The molecule has 1 saturated heterocycles. The van der Waals surface area contributed by atoms with Crippen LogP contribution in [0.3, 0.4) is 0 Å². The van der Waals surface area contributed by atoms with E-state index < -0.39 is 16.0 Å². The summed E-state index contributed by atoms with van der Waals surface area (Å²) in [5.41, 5.74) is 0. The summed E-state index contributed by atoms with van der Waals surface area (Å²) in [6, 6.07) is 2.77. The van der Waals surface area contributed by atoms with Gasteiger partial charge in [-0.2, -0.15) is 0 Å². The highest BCUT2D eigenvalue weighted by Crippen LogP contribution is 2.23. The summed E-state index contributed by atoms with van der Waals surface area (Å²) >= 11 is 0.985. The van der Waals surface area contributed by atoms with Crippen molar-refractivity contribution in [1.82, 2.24) is 4.72 Å². The molecule has 19 heavy (non-hydrogen) atoms. The molecular weight excluding hydrogens is 290 g/mol. The number of carboxylic acids is 1. The number of hydrogen-bond acceptors (Lipinski definition) is 5. The van der Waals surface area contributed by atoms with E-state index in [0.717, 1.165) is 24.2 Å². The van der Waals surface area contributed by atoms with E-state index in [1.807, 2.05) is 0 Å². The lowest BCUT2D eigenvalue weighted by Gasteiger charge is -2.22. The Morgan fingerprint density at radius 3 is 2.95 bits per heavy atom. The standard InChI is InChI=1S/C11H15NO5S2/c13-10(14)6-9-3-4-11(18-9)19(15,16)12-8-2-1-5-17-7-8/h3-4,8,12H,1-2,5-7H2,(H,13,14). The Labute approximate surface area is 115 Å². The number of thiophene rings is 1. The van der Waals surface area contributed by atoms with Gasteiger partial charge in [0.05, 0.1) is 13.0 Å². The second-order valence-corrected chi connectivity index (χ2v) is 7.44. The lowest BCUT2D eigenvalue weighted by atomic mass is 10.1. The van der Waals surface area contributed by atoms with Crippen molar-refractivity contribution >= 4 is 27.3 Å². The molecule has 1 aliphatic heterocycles. The van der Waals surface area contributed by atoms with E-state index in [4.69, 9.17) is 9.84 Å². The summed E-state index contributed by atoms with van der Waals surface area (Å²) < 4.78 is 32.1. The number of sulfonamides is 1. The van der Waals surface area contributed by atoms with Crippen LogP contribution in [0.1, 0.15) is 17.7 Å². The number of carboxylic acid groups (broad SMARTS) is 1. The van der Waals surface area contributed by atoms with Gasteiger partial charge < -0.3 is 9.84 Å². The van der Waals surface area contributed by atoms with E-state index in [1.165, 1.54) is 12.1 Å². The van der Waals surface area contributed by atoms with Crippen molar-refractivity contribution in [2.24, 2.45) is 0 Å². The predicted molar refractivity (Wildman–Crippen MR) is 69.8 cm³/mol. The second kappa shape index (κ2) is 6.00. The molecule has 1 atom stereocenters. The largest absolute Gasteiger partial charge is 0.481 e. The molecule has 0 amide bonds. The molecule has 8 heteroatoms. The summed E-state index contributed by atoms with van der Waals surface area (Å²) in [7, 11) is -3.58. The number of rotatable bonds is 5. The molecule has 0 spiro atoms. The quantitative estimate of drug-likeness (QED) is 0.840. The Morgan fingerprint density at radius 2 is 2.32 bits per heavy atom. The summed E-state index contributed by atoms with van der Waals surface area (Å²) in [6.07, 6.45) is 1.43. The zero-order chi connectivity index (χ0) is 13.9. The van der Waals surface area contributed by atoms with Gasteiger partial charge in [0.1, 0.15) is 4.21 Å². The van der Waals surface area contributed by atoms with Gasteiger partial charge in [0, 0.05) is 17.5 Å². The molecule has 0 radical (unpaired) electrons. The minimum Gasteiger partial charge on any atom is -0.481 e. The van der Waals surface area contributed by atoms with Crippen LogP contribution in [0.5, 0.6) is 0 Å². The molecule has 1 aromatic heterocycles. The van der Waals surface area contributed by atoms with Crippen LogP contribution in [-0.2, 0) is 26.0 Å². The maximum absolute atomic E-state index is 12.1. The molecule has 1 fully saturated rings. The molecule has 1 aromatic rings. The van der Waals surface area contributed by atoms with Gasteiger partial charge in [-0.05, 0) is 25.0 Å². The molecule has 2 heterocycles. The van der Waals surface area contributed by atoms with Gasteiger partial charge in [-0.1, -0.05) is 0 Å². The zero-order valence-corrected chi connectivity index (χ0v) is 11.8. The lowest BCUT2D eigenvalue weighted by molar-refractivity contribution is -0.136. The number of carbonyl (C=O) groups is 1. The Morgan fingerprint density at radius 1 is 1.53 bits per heavy atom. The Bertz CT molecular complexity index is 545. The fourth-order valence-electron chi connectivity index (χ4n) is 1.86. The van der Waals surface area contributed by atoms with Gasteiger partial charge >= 0.3 is 5.97 Å². The zero-order valence-electron chi connectivity index (χ0n) is 10.2. The van der Waals surface area contributed by atoms with Gasteiger partial charge in [0.25, 0.3) is 0 Å². The summed E-state index contributed by atoms with van der Waals surface area (Å²) in [4.78, 5) is 11.1. The fourth-order valence-corrected chi connectivity index (χ4v) is 4.48. The number of hydrogen-bond donors (Lipinski definition) is 2. The maximum atomic E-state index is 12.1. The lowest BCUT2D eigenvalue weighted by Crippen LogP contribution is -2.40. The smallest absolute Gasteiger partial charge is 0.308 e. The third-order valence-electron chi connectivity index (χ3n) is 2.71. The second-order valence-electron chi connectivity index (χ2n) is 4.33. The Hall–Kier alpha value is -0.960. The number of nitrogens with one attached hydrogen (secondary N) is 1. The van der Waals surface area contributed by atoms with E-state index in [2.05, 4.69) is 4.72 Å². The van der Waals surface area contributed by atoms with Crippen molar-refractivity contribution in [3.63, 3.8) is 0 Å². The Kier molecular flexibility index (Phi) is 4.56. The Balaban J connectivity index is 2.06. The minimum absolute atomic E-state index is 0.148. The first-order valence-corrected chi connectivity index (χ1v) is 8.18. The molecule has 0 saturated carbocycles. The van der Waals surface area contributed by atoms with Gasteiger partial charge in [-0.15, -0.1) is 11.3 Å². The third kappa shape index (κ3) is 4.00. The van der Waals surface area contributed by atoms with Crippen LogP contribution < -0.4 is 4.72 Å². The molecule has 106 valence electrons. The van der Waals surface area contributed by atoms with E-state index in [1.54, 1.807) is 0 Å². The van der Waals surface area contributed by atoms with E-state index in [9.17, 15) is 13.2 Å². The van der Waals surface area contributed by atoms with Gasteiger partial charge in [-0.3, -0.25) is 4.79 Å². The highest BCUT2D eigenvalue weighted by molar-refractivity contribution is 7.91. The van der Waals surface area contributed by atoms with Crippen molar-refractivity contribution in [2.45, 2.75) is 29.5 Å². The van der Waals surface area contributed by atoms with E-state index in [-0.39, 0.29) is 16.7 Å². The van der Waals surface area contributed by atoms with Gasteiger partial charge in [-0.25, -0.2) is 13.1 Å². The van der Waals surface area contributed by atoms with Crippen molar-refractivity contribution in [1.29, 1.82) is 0 Å². The first kappa shape index (κ1) is 14.4. The van der Waals surface area contributed by atoms with Crippen LogP contribution in [0.25, 0.3) is 0 Å². The van der Waals surface area contributed by atoms with Crippen molar-refractivity contribution < 1.29 is 23.1 Å². The number of ether oxygens (including phenoxy) is 1. The summed E-state index contributed by atoms with van der Waals surface area (Å²) in [6.45, 7) is 1.05. The summed E-state index contributed by atoms with van der Waals surface area (Å²) in [5.74, 6) is -0.973. The van der Waals surface area contributed by atoms with Crippen LogP contribution in [-0.4, -0.2) is 38.7 Å². The van der Waals surface area contributed by atoms with Crippen molar-refractivity contribution in [3.8, 4) is 0 Å². The monoisotopic (exact) mass is 305 g/mol. The fraction of sp³-hybridized carbons (Fsp3) is 0.545. The SMILES string of the molecule is O=C(O)Cc1ccc(S(=O)(=O)NC2CCCOC2)s1. The first-order chi connectivity index (χ1) is 8.97. The molecule has 1 aliphatic rings. The van der Waals surface area contributed by atoms with Crippen molar-refractivity contribution in [2.75, 3.05) is 13.2 Å². The minimum atomic E-state index is -3.58. The van der Waals surface area contributed by atoms with E-state index in [0.29, 0.717) is 18.1 Å². The van der Waals surface area contributed by atoms with Crippen LogP contribution in [0.4, 0.5) is 0 Å². The van der Waals surface area contributed by atoms with E-state index >= 15 is 0 Å². The van der Waals surface area contributed by atoms with Crippen LogP contribution in [0, 0.1) is 0 Å². The summed E-state index contributed by atoms with van der Waals surface area (Å²) in [5, 5.41) is 8.67. The van der Waals surface area contributed by atoms with Gasteiger partial charge in [0.15, 0.2) is 0 Å². The number of aliphatic carboxylic acids is 1. The first-order valence-electron chi connectivity index (χ1n) is 5.88. The van der Waals surface area contributed by atoms with Crippen LogP contribution in [0.2, 0.25) is 0 Å². The highest BCUT2D eigenvalue weighted by Gasteiger charge is 2.23. The molecule has 0 aliphatic carbocycles. The van der Waals surface area contributed by atoms with Gasteiger partial charge in [0.2, 0.25) is 10.0 Å². The molecule has 0 bridgehead atoms. The average molecular weight is 305 g/mol. The molecule has 2 rings (SSSR count). The predicted octanol–water partition coefficient (Wildman–Crippen LogP) is 0.832. The topological polar surface area (TPSA) is 92.7 Å². The molecule has 6 nitrogen and oxygen atoms in total. The maximum Gasteiger partial charge on any atom is 0.308 e. The van der Waals surface area contributed by atoms with Crippen LogP contribution >= 0.6 is 11.3 Å². The third-order valence-corrected chi connectivity index (χ3v) is 5.81. The molecule has 0 aromatic carbocycles.